The van der Waals surface area contributed by atoms with Crippen molar-refractivity contribution >= 4 is 5.97 Å². The Hall–Kier alpha value is -2.37. The third kappa shape index (κ3) is 2.73. The van der Waals surface area contributed by atoms with Crippen molar-refractivity contribution in [1.29, 1.82) is 0 Å². The highest BCUT2D eigenvalue weighted by Gasteiger charge is 2.16. The lowest BCUT2D eigenvalue weighted by Gasteiger charge is -2.08. The highest BCUT2D eigenvalue weighted by molar-refractivity contribution is 5.75. The second-order valence-electron chi connectivity index (χ2n) is 3.83. The molecule has 0 amide bonds. The van der Waals surface area contributed by atoms with Crippen molar-refractivity contribution in [3.63, 3.8) is 0 Å². The quantitative estimate of drug-likeness (QED) is 0.930. The highest BCUT2D eigenvalue weighted by Crippen LogP contribution is 2.26. The normalized spacial score (nSPS) is 10.5. The zero-order valence-corrected chi connectivity index (χ0v) is 9.53. The third-order valence-corrected chi connectivity index (χ3v) is 2.48. The lowest BCUT2D eigenvalue weighted by Crippen LogP contribution is -2.05. The van der Waals surface area contributed by atoms with Gasteiger partial charge in [0, 0.05) is 5.56 Å². The van der Waals surface area contributed by atoms with Crippen molar-refractivity contribution in [1.82, 2.24) is 4.98 Å². The lowest BCUT2D eigenvalue weighted by molar-refractivity contribution is -0.136. The van der Waals surface area contributed by atoms with Crippen LogP contribution in [0.3, 0.4) is 0 Å². The average molecular weight is 267 g/mol. The number of benzene rings is 1. The van der Waals surface area contributed by atoms with Gasteiger partial charge >= 0.3 is 5.97 Å². The second kappa shape index (κ2) is 5.09. The molecule has 98 valence electrons. The number of pyridine rings is 1. The fourth-order valence-corrected chi connectivity index (χ4v) is 1.71. The van der Waals surface area contributed by atoms with E-state index in [1.807, 2.05) is 0 Å². The van der Waals surface area contributed by atoms with E-state index in [0.717, 1.165) is 18.3 Å². The first-order valence-electron chi connectivity index (χ1n) is 5.29. The first kappa shape index (κ1) is 13.1. The summed E-state index contributed by atoms with van der Waals surface area (Å²) in [6.45, 7) is 0. The van der Waals surface area contributed by atoms with Crippen LogP contribution in [0.15, 0.2) is 30.5 Å². The Bertz CT molecular complexity index is 644. The summed E-state index contributed by atoms with van der Waals surface area (Å²) in [6, 6.07) is 4.40. The molecule has 0 saturated carbocycles. The van der Waals surface area contributed by atoms with E-state index >= 15 is 0 Å². The van der Waals surface area contributed by atoms with E-state index in [2.05, 4.69) is 4.98 Å². The summed E-state index contributed by atoms with van der Waals surface area (Å²) in [5.41, 5.74) is -0.297. The Morgan fingerprint density at radius 3 is 2.68 bits per heavy atom. The number of hydrogen-bond donors (Lipinski definition) is 1. The van der Waals surface area contributed by atoms with Crippen LogP contribution in [-0.4, -0.2) is 16.1 Å². The summed E-state index contributed by atoms with van der Waals surface area (Å²) < 4.78 is 39.9. The van der Waals surface area contributed by atoms with Gasteiger partial charge in [0.15, 0.2) is 11.6 Å². The minimum Gasteiger partial charge on any atom is -0.481 e. The van der Waals surface area contributed by atoms with Crippen LogP contribution >= 0.6 is 0 Å². The Labute approximate surface area is 106 Å². The fourth-order valence-electron chi connectivity index (χ4n) is 1.71. The van der Waals surface area contributed by atoms with Gasteiger partial charge in [-0.15, -0.1) is 0 Å². The molecule has 0 aliphatic carbocycles. The van der Waals surface area contributed by atoms with E-state index in [9.17, 15) is 18.0 Å². The van der Waals surface area contributed by atoms with Crippen LogP contribution in [0.25, 0.3) is 11.3 Å². The smallest absolute Gasteiger partial charge is 0.307 e. The van der Waals surface area contributed by atoms with E-state index in [4.69, 9.17) is 5.11 Å². The van der Waals surface area contributed by atoms with Crippen molar-refractivity contribution in [2.24, 2.45) is 0 Å². The van der Waals surface area contributed by atoms with Gasteiger partial charge in [0.2, 0.25) is 0 Å². The summed E-state index contributed by atoms with van der Waals surface area (Å²) >= 11 is 0. The standard InChI is InChI=1S/C13H8F3NO2/c14-8-4-7(5-11(18)19)13(17-6-8)9-2-1-3-10(15)12(9)16/h1-4,6H,5H2,(H,18,19). The predicted molar refractivity (Wildman–Crippen MR) is 60.9 cm³/mol. The molecule has 0 saturated heterocycles. The van der Waals surface area contributed by atoms with Crippen molar-refractivity contribution in [2.75, 3.05) is 0 Å². The molecule has 6 heteroatoms. The molecular weight excluding hydrogens is 259 g/mol. The monoisotopic (exact) mass is 267 g/mol. The van der Waals surface area contributed by atoms with E-state index in [1.165, 1.54) is 12.1 Å². The molecule has 1 N–H and O–H groups in total. The van der Waals surface area contributed by atoms with Crippen LogP contribution in [-0.2, 0) is 11.2 Å². The van der Waals surface area contributed by atoms with Crippen LogP contribution in [0, 0.1) is 17.5 Å². The van der Waals surface area contributed by atoms with Crippen LogP contribution in [0.2, 0.25) is 0 Å². The third-order valence-electron chi connectivity index (χ3n) is 2.48. The van der Waals surface area contributed by atoms with Gasteiger partial charge in [-0.25, -0.2) is 13.2 Å². The molecule has 1 aromatic heterocycles. The van der Waals surface area contributed by atoms with Gasteiger partial charge in [0.1, 0.15) is 5.82 Å². The van der Waals surface area contributed by atoms with Crippen molar-refractivity contribution in [2.45, 2.75) is 6.42 Å². The van der Waals surface area contributed by atoms with Gasteiger partial charge in [0.05, 0.1) is 18.3 Å². The molecule has 0 unspecified atom stereocenters. The number of aromatic nitrogens is 1. The van der Waals surface area contributed by atoms with Gasteiger partial charge in [-0.2, -0.15) is 0 Å². The first-order chi connectivity index (χ1) is 8.99. The van der Waals surface area contributed by atoms with Crippen molar-refractivity contribution < 1.29 is 23.1 Å². The largest absolute Gasteiger partial charge is 0.481 e. The van der Waals surface area contributed by atoms with Gasteiger partial charge in [0.25, 0.3) is 0 Å². The molecule has 0 bridgehead atoms. The number of nitrogens with zero attached hydrogens (tertiary/aromatic N) is 1. The first-order valence-corrected chi connectivity index (χ1v) is 5.29. The Morgan fingerprint density at radius 1 is 1.26 bits per heavy atom. The number of carboxylic acids is 1. The van der Waals surface area contributed by atoms with E-state index in [0.29, 0.717) is 0 Å². The molecule has 1 heterocycles. The van der Waals surface area contributed by atoms with Gasteiger partial charge in [-0.3, -0.25) is 9.78 Å². The Kier molecular flexibility index (Phi) is 3.50. The number of halogens is 3. The topological polar surface area (TPSA) is 50.2 Å². The highest BCUT2D eigenvalue weighted by atomic mass is 19.2. The maximum atomic E-state index is 13.6. The van der Waals surface area contributed by atoms with E-state index in [1.54, 1.807) is 0 Å². The summed E-state index contributed by atoms with van der Waals surface area (Å²) in [5, 5.41) is 8.73. The maximum absolute atomic E-state index is 13.6. The summed E-state index contributed by atoms with van der Waals surface area (Å²) in [5.74, 6) is -4.18. The average Bonchev–Trinajstić information content (AvgIpc) is 2.33. The number of aliphatic carboxylic acids is 1. The summed E-state index contributed by atoms with van der Waals surface area (Å²) in [7, 11) is 0. The molecule has 19 heavy (non-hydrogen) atoms. The van der Waals surface area contributed by atoms with E-state index < -0.39 is 29.8 Å². The van der Waals surface area contributed by atoms with Crippen molar-refractivity contribution in [3.8, 4) is 11.3 Å². The van der Waals surface area contributed by atoms with Crippen molar-refractivity contribution in [3.05, 3.63) is 53.5 Å². The molecule has 0 radical (unpaired) electrons. The van der Waals surface area contributed by atoms with Crippen LogP contribution in [0.5, 0.6) is 0 Å². The summed E-state index contributed by atoms with van der Waals surface area (Å²) in [6.07, 6.45) is 0.293. The fraction of sp³-hybridized carbons (Fsp3) is 0.0769. The molecule has 2 aromatic rings. The van der Waals surface area contributed by atoms with E-state index in [-0.39, 0.29) is 16.8 Å². The number of hydrogen-bond acceptors (Lipinski definition) is 2. The molecule has 0 fully saturated rings. The molecule has 3 nitrogen and oxygen atoms in total. The minimum absolute atomic E-state index is 0.0167. The maximum Gasteiger partial charge on any atom is 0.307 e. The van der Waals surface area contributed by atoms with Crippen LogP contribution in [0.4, 0.5) is 13.2 Å². The van der Waals surface area contributed by atoms with Crippen LogP contribution in [0.1, 0.15) is 5.56 Å². The minimum atomic E-state index is -1.22. The number of rotatable bonds is 3. The number of carbonyl (C=O) groups is 1. The van der Waals surface area contributed by atoms with Gasteiger partial charge in [-0.05, 0) is 23.8 Å². The predicted octanol–water partition coefficient (Wildman–Crippen LogP) is 2.79. The second-order valence-corrected chi connectivity index (χ2v) is 3.83. The molecule has 0 spiro atoms. The zero-order valence-electron chi connectivity index (χ0n) is 9.53. The SMILES string of the molecule is O=C(O)Cc1cc(F)cnc1-c1cccc(F)c1F. The van der Waals surface area contributed by atoms with Gasteiger partial charge in [-0.1, -0.05) is 6.07 Å². The molecule has 0 atom stereocenters. The Balaban J connectivity index is 2.61. The molecular formula is C13H8F3NO2. The molecule has 1 aromatic carbocycles. The van der Waals surface area contributed by atoms with Crippen LogP contribution < -0.4 is 0 Å². The number of carboxylic acid groups (broad SMARTS) is 1. The molecule has 0 aliphatic rings. The lowest BCUT2D eigenvalue weighted by atomic mass is 10.0. The molecule has 0 aliphatic heterocycles. The molecule has 2 rings (SSSR count). The summed E-state index contributed by atoms with van der Waals surface area (Å²) in [4.78, 5) is 14.4. The van der Waals surface area contributed by atoms with Gasteiger partial charge < -0.3 is 5.11 Å². The Morgan fingerprint density at radius 2 is 2.00 bits per heavy atom. The zero-order chi connectivity index (χ0) is 14.0.